The molecular formula is C10H19N3O2S. The van der Waals surface area contributed by atoms with Crippen LogP contribution in [0.25, 0.3) is 0 Å². The first-order valence-corrected chi connectivity index (χ1v) is 6.68. The molecule has 0 aliphatic rings. The average molecular weight is 245 g/mol. The van der Waals surface area contributed by atoms with Crippen LogP contribution < -0.4 is 0 Å². The molecule has 0 fully saturated rings. The quantitative estimate of drug-likeness (QED) is 0.869. The number of sulfonamides is 1. The number of hydrogen-bond donors (Lipinski definition) is 1. The van der Waals surface area contributed by atoms with Gasteiger partial charge >= 0.3 is 0 Å². The molecule has 0 atom stereocenters. The van der Waals surface area contributed by atoms with E-state index in [2.05, 4.69) is 10.2 Å². The maximum absolute atomic E-state index is 12.2. The number of nitrogens with one attached hydrogen (secondary N) is 1. The van der Waals surface area contributed by atoms with Gasteiger partial charge in [-0.15, -0.1) is 0 Å². The van der Waals surface area contributed by atoms with Crippen LogP contribution in [0, 0.1) is 19.8 Å². The lowest BCUT2D eigenvalue weighted by Crippen LogP contribution is -2.31. The minimum absolute atomic E-state index is 0.298. The second kappa shape index (κ2) is 4.55. The van der Waals surface area contributed by atoms with Crippen LogP contribution in [-0.2, 0) is 10.0 Å². The molecule has 0 spiro atoms. The minimum Gasteiger partial charge on any atom is -0.281 e. The topological polar surface area (TPSA) is 66.1 Å². The molecule has 0 aliphatic carbocycles. The number of H-pyrrole nitrogens is 1. The lowest BCUT2D eigenvalue weighted by molar-refractivity contribution is 0.416. The number of aromatic amines is 1. The van der Waals surface area contributed by atoms with Gasteiger partial charge in [0.15, 0.2) is 0 Å². The molecule has 5 nitrogen and oxygen atoms in total. The maximum Gasteiger partial charge on any atom is 0.246 e. The summed E-state index contributed by atoms with van der Waals surface area (Å²) < 4.78 is 25.9. The highest BCUT2D eigenvalue weighted by Gasteiger charge is 2.27. The largest absolute Gasteiger partial charge is 0.281 e. The van der Waals surface area contributed by atoms with Crippen molar-refractivity contribution >= 4 is 10.0 Å². The fourth-order valence-corrected chi connectivity index (χ4v) is 3.35. The highest BCUT2D eigenvalue weighted by molar-refractivity contribution is 7.89. The van der Waals surface area contributed by atoms with Crippen LogP contribution in [0.15, 0.2) is 4.90 Å². The van der Waals surface area contributed by atoms with Crippen LogP contribution in [0.2, 0.25) is 0 Å². The smallest absolute Gasteiger partial charge is 0.246 e. The van der Waals surface area contributed by atoms with Crippen molar-refractivity contribution in [2.24, 2.45) is 5.92 Å². The summed E-state index contributed by atoms with van der Waals surface area (Å²) in [7, 11) is -1.81. The second-order valence-corrected chi connectivity index (χ2v) is 6.42. The van der Waals surface area contributed by atoms with Crippen LogP contribution in [0.4, 0.5) is 0 Å². The Morgan fingerprint density at radius 3 is 2.31 bits per heavy atom. The standard InChI is InChI=1S/C10H19N3O2S/c1-7(2)6-13(5)16(14,15)10-8(3)11-12-9(10)4/h7H,6H2,1-5H3,(H,11,12). The van der Waals surface area contributed by atoms with Gasteiger partial charge in [-0.25, -0.2) is 12.7 Å². The number of nitrogens with zero attached hydrogens (tertiary/aromatic N) is 2. The van der Waals surface area contributed by atoms with Gasteiger partial charge in [0.25, 0.3) is 0 Å². The first kappa shape index (κ1) is 13.2. The summed E-state index contributed by atoms with van der Waals surface area (Å²) in [6, 6.07) is 0. The molecule has 0 aromatic carbocycles. The van der Waals surface area contributed by atoms with E-state index in [4.69, 9.17) is 0 Å². The lowest BCUT2D eigenvalue weighted by Gasteiger charge is -2.19. The fraction of sp³-hybridized carbons (Fsp3) is 0.700. The van der Waals surface area contributed by atoms with E-state index in [9.17, 15) is 8.42 Å². The van der Waals surface area contributed by atoms with E-state index in [1.165, 1.54) is 4.31 Å². The third-order valence-corrected chi connectivity index (χ3v) is 4.44. The van der Waals surface area contributed by atoms with Crippen molar-refractivity contribution in [3.63, 3.8) is 0 Å². The minimum atomic E-state index is -3.41. The van der Waals surface area contributed by atoms with Crippen molar-refractivity contribution < 1.29 is 8.42 Å². The van der Waals surface area contributed by atoms with Gasteiger partial charge < -0.3 is 0 Å². The van der Waals surface area contributed by atoms with E-state index in [0.717, 1.165) is 0 Å². The monoisotopic (exact) mass is 245 g/mol. The number of hydrogen-bond acceptors (Lipinski definition) is 3. The average Bonchev–Trinajstić information content (AvgIpc) is 2.45. The fourth-order valence-electron chi connectivity index (χ4n) is 1.69. The Balaban J connectivity index is 3.12. The van der Waals surface area contributed by atoms with Gasteiger partial charge in [-0.1, -0.05) is 13.8 Å². The predicted molar refractivity (Wildman–Crippen MR) is 62.7 cm³/mol. The third kappa shape index (κ3) is 2.44. The molecule has 0 radical (unpaired) electrons. The van der Waals surface area contributed by atoms with E-state index >= 15 is 0 Å². The van der Waals surface area contributed by atoms with Gasteiger partial charge in [-0.3, -0.25) is 5.10 Å². The van der Waals surface area contributed by atoms with Crippen molar-refractivity contribution in [2.75, 3.05) is 13.6 Å². The highest BCUT2D eigenvalue weighted by Crippen LogP contribution is 2.20. The van der Waals surface area contributed by atoms with Gasteiger partial charge in [-0.05, 0) is 19.8 Å². The van der Waals surface area contributed by atoms with Gasteiger partial charge in [0.05, 0.1) is 11.4 Å². The molecule has 92 valence electrons. The Hall–Kier alpha value is -0.880. The van der Waals surface area contributed by atoms with E-state index < -0.39 is 10.0 Å². The molecule has 1 rings (SSSR count). The van der Waals surface area contributed by atoms with Gasteiger partial charge in [0, 0.05) is 13.6 Å². The third-order valence-electron chi connectivity index (χ3n) is 2.35. The van der Waals surface area contributed by atoms with E-state index in [-0.39, 0.29) is 0 Å². The first-order valence-electron chi connectivity index (χ1n) is 5.24. The summed E-state index contributed by atoms with van der Waals surface area (Å²) in [5.41, 5.74) is 1.11. The molecule has 0 saturated heterocycles. The molecule has 1 heterocycles. The Morgan fingerprint density at radius 2 is 1.94 bits per heavy atom. The molecule has 0 bridgehead atoms. The molecule has 16 heavy (non-hydrogen) atoms. The van der Waals surface area contributed by atoms with Crippen LogP contribution in [0.1, 0.15) is 25.2 Å². The van der Waals surface area contributed by atoms with Crippen LogP contribution in [0.3, 0.4) is 0 Å². The summed E-state index contributed by atoms with van der Waals surface area (Å²) >= 11 is 0. The van der Waals surface area contributed by atoms with E-state index in [0.29, 0.717) is 28.7 Å². The summed E-state index contributed by atoms with van der Waals surface area (Å²) in [5, 5.41) is 6.61. The predicted octanol–water partition coefficient (Wildman–Crippen LogP) is 1.30. The maximum atomic E-state index is 12.2. The molecule has 6 heteroatoms. The van der Waals surface area contributed by atoms with Gasteiger partial charge in [0.2, 0.25) is 10.0 Å². The van der Waals surface area contributed by atoms with Crippen molar-refractivity contribution in [3.8, 4) is 0 Å². The summed E-state index contributed by atoms with van der Waals surface area (Å²) in [6.07, 6.45) is 0. The summed E-state index contributed by atoms with van der Waals surface area (Å²) in [6.45, 7) is 7.89. The normalized spacial score (nSPS) is 12.7. The molecule has 1 N–H and O–H groups in total. The van der Waals surface area contributed by atoms with Crippen molar-refractivity contribution in [3.05, 3.63) is 11.4 Å². The zero-order valence-electron chi connectivity index (χ0n) is 10.4. The Bertz CT molecular complexity index is 443. The molecule has 0 amide bonds. The first-order chi connectivity index (χ1) is 7.26. The lowest BCUT2D eigenvalue weighted by atomic mass is 10.2. The Morgan fingerprint density at radius 1 is 1.38 bits per heavy atom. The second-order valence-electron chi connectivity index (χ2n) is 4.44. The molecule has 0 saturated carbocycles. The molecule has 0 aliphatic heterocycles. The summed E-state index contributed by atoms with van der Waals surface area (Å²) in [5.74, 6) is 0.298. The van der Waals surface area contributed by atoms with E-state index in [1.54, 1.807) is 20.9 Å². The van der Waals surface area contributed by atoms with Crippen molar-refractivity contribution in [2.45, 2.75) is 32.6 Å². The number of rotatable bonds is 4. The number of aryl methyl sites for hydroxylation is 2. The zero-order chi connectivity index (χ0) is 12.5. The number of aromatic nitrogens is 2. The zero-order valence-corrected chi connectivity index (χ0v) is 11.2. The molecule has 1 aromatic rings. The molecular weight excluding hydrogens is 226 g/mol. The molecule has 1 aromatic heterocycles. The Kier molecular flexibility index (Phi) is 3.75. The van der Waals surface area contributed by atoms with Crippen LogP contribution >= 0.6 is 0 Å². The van der Waals surface area contributed by atoms with E-state index in [1.807, 2.05) is 13.8 Å². The van der Waals surface area contributed by atoms with Gasteiger partial charge in [0.1, 0.15) is 4.90 Å². The Labute approximate surface area is 96.9 Å². The molecule has 0 unspecified atom stereocenters. The SMILES string of the molecule is Cc1n[nH]c(C)c1S(=O)(=O)N(C)CC(C)C. The van der Waals surface area contributed by atoms with Gasteiger partial charge in [-0.2, -0.15) is 5.10 Å². The highest BCUT2D eigenvalue weighted by atomic mass is 32.2. The van der Waals surface area contributed by atoms with Crippen molar-refractivity contribution in [1.29, 1.82) is 0 Å². The summed E-state index contributed by atoms with van der Waals surface area (Å²) in [4.78, 5) is 0.302. The van der Waals surface area contributed by atoms with Crippen molar-refractivity contribution in [1.82, 2.24) is 14.5 Å². The van der Waals surface area contributed by atoms with Crippen LogP contribution in [-0.4, -0.2) is 36.5 Å². The van der Waals surface area contributed by atoms with Crippen LogP contribution in [0.5, 0.6) is 0 Å².